The van der Waals surface area contributed by atoms with Gasteiger partial charge in [0.05, 0.1) is 13.0 Å². The second kappa shape index (κ2) is 6.64. The molecule has 0 saturated carbocycles. The second-order valence-electron chi connectivity index (χ2n) is 3.95. The van der Waals surface area contributed by atoms with Crippen LogP contribution in [0.15, 0.2) is 24.3 Å². The quantitative estimate of drug-likeness (QED) is 0.770. The van der Waals surface area contributed by atoms with Gasteiger partial charge < -0.3 is 15.2 Å². The Hall–Kier alpha value is -2.04. The average Bonchev–Trinajstić information content (AvgIpc) is 2.28. The molecule has 1 amide bonds. The Morgan fingerprint density at radius 1 is 1.39 bits per heavy atom. The molecule has 2 N–H and O–H groups in total. The lowest BCUT2D eigenvalue weighted by atomic mass is 10.2. The molecule has 5 nitrogen and oxygen atoms in total. The van der Waals surface area contributed by atoms with Crippen LogP contribution in [0.2, 0.25) is 0 Å². The fourth-order valence-corrected chi connectivity index (χ4v) is 1.27. The van der Waals surface area contributed by atoms with Gasteiger partial charge >= 0.3 is 5.97 Å². The van der Waals surface area contributed by atoms with Crippen molar-refractivity contribution < 1.29 is 19.1 Å². The third-order valence-electron chi connectivity index (χ3n) is 2.27. The molecule has 1 atom stereocenters. The number of hydrogen-bond donors (Lipinski definition) is 1. The zero-order valence-corrected chi connectivity index (χ0v) is 10.5. The molecule has 0 aliphatic rings. The number of carbonyl (C=O) groups is 2. The van der Waals surface area contributed by atoms with Gasteiger partial charge in [0.2, 0.25) is 0 Å². The highest BCUT2D eigenvalue weighted by Gasteiger charge is 2.14. The minimum absolute atomic E-state index is 0.0750. The van der Waals surface area contributed by atoms with Crippen molar-refractivity contribution in [2.45, 2.75) is 26.4 Å². The molecule has 1 rings (SSSR count). The van der Waals surface area contributed by atoms with Crippen LogP contribution < -0.4 is 10.5 Å². The number of aryl methyl sites for hydroxylation is 1. The summed E-state index contributed by atoms with van der Waals surface area (Å²) in [5.41, 5.74) is 6.05. The Morgan fingerprint density at radius 3 is 2.72 bits per heavy atom. The van der Waals surface area contributed by atoms with Crippen LogP contribution in [0.5, 0.6) is 5.75 Å². The van der Waals surface area contributed by atoms with E-state index in [0.717, 1.165) is 5.56 Å². The van der Waals surface area contributed by atoms with Crippen molar-refractivity contribution in [3.05, 3.63) is 29.8 Å². The van der Waals surface area contributed by atoms with E-state index in [0.29, 0.717) is 5.75 Å². The SMILES string of the molecule is Cc1cccc(OCCC(=O)O[C@H](C)C(N)=O)c1. The van der Waals surface area contributed by atoms with Crippen molar-refractivity contribution in [2.75, 3.05) is 6.61 Å². The predicted molar refractivity (Wildman–Crippen MR) is 66.0 cm³/mol. The van der Waals surface area contributed by atoms with E-state index in [1.165, 1.54) is 6.92 Å². The third kappa shape index (κ3) is 4.86. The summed E-state index contributed by atoms with van der Waals surface area (Å²) in [7, 11) is 0. The van der Waals surface area contributed by atoms with Gasteiger partial charge in [0.15, 0.2) is 6.10 Å². The first-order valence-corrected chi connectivity index (χ1v) is 5.67. The van der Waals surface area contributed by atoms with Gasteiger partial charge in [0.1, 0.15) is 5.75 Å². The van der Waals surface area contributed by atoms with Gasteiger partial charge in [-0.15, -0.1) is 0 Å². The first-order chi connectivity index (χ1) is 8.49. The fraction of sp³-hybridized carbons (Fsp3) is 0.385. The molecule has 98 valence electrons. The number of rotatable bonds is 6. The summed E-state index contributed by atoms with van der Waals surface area (Å²) in [6, 6.07) is 7.51. The minimum atomic E-state index is -0.906. The van der Waals surface area contributed by atoms with Crippen LogP contribution in [0, 0.1) is 6.92 Å². The largest absolute Gasteiger partial charge is 0.493 e. The average molecular weight is 251 g/mol. The minimum Gasteiger partial charge on any atom is -0.493 e. The van der Waals surface area contributed by atoms with Gasteiger partial charge in [-0.05, 0) is 31.5 Å². The molecule has 5 heteroatoms. The van der Waals surface area contributed by atoms with E-state index in [1.807, 2.05) is 31.2 Å². The van der Waals surface area contributed by atoms with Crippen LogP contribution in [-0.2, 0) is 14.3 Å². The molecule has 0 heterocycles. The number of carbonyl (C=O) groups excluding carboxylic acids is 2. The predicted octanol–water partition coefficient (Wildman–Crippen LogP) is 1.18. The highest BCUT2D eigenvalue weighted by Crippen LogP contribution is 2.12. The Balaban J connectivity index is 2.29. The van der Waals surface area contributed by atoms with Gasteiger partial charge in [0, 0.05) is 0 Å². The Labute approximate surface area is 106 Å². The van der Waals surface area contributed by atoms with Crippen LogP contribution in [-0.4, -0.2) is 24.6 Å². The topological polar surface area (TPSA) is 78.6 Å². The summed E-state index contributed by atoms with van der Waals surface area (Å²) in [5.74, 6) is -0.470. The molecule has 0 aromatic heterocycles. The number of primary amides is 1. The number of hydrogen-bond acceptors (Lipinski definition) is 4. The molecule has 1 aromatic carbocycles. The number of nitrogens with two attached hydrogens (primary N) is 1. The van der Waals surface area contributed by atoms with Crippen LogP contribution >= 0.6 is 0 Å². The number of esters is 1. The molecule has 18 heavy (non-hydrogen) atoms. The van der Waals surface area contributed by atoms with Gasteiger partial charge in [-0.1, -0.05) is 12.1 Å². The molecule has 0 aliphatic heterocycles. The van der Waals surface area contributed by atoms with Crippen molar-refractivity contribution in [1.29, 1.82) is 0 Å². The molecule has 0 fully saturated rings. The highest BCUT2D eigenvalue weighted by atomic mass is 16.5. The van der Waals surface area contributed by atoms with Crippen molar-refractivity contribution in [1.82, 2.24) is 0 Å². The van der Waals surface area contributed by atoms with E-state index in [4.69, 9.17) is 15.2 Å². The molecule has 0 bridgehead atoms. The maximum Gasteiger partial charge on any atom is 0.310 e. The zero-order chi connectivity index (χ0) is 13.5. The molecule has 0 aliphatic carbocycles. The lowest BCUT2D eigenvalue weighted by Gasteiger charge is -2.10. The fourth-order valence-electron chi connectivity index (χ4n) is 1.27. The molecule has 0 spiro atoms. The number of ether oxygens (including phenoxy) is 2. The van der Waals surface area contributed by atoms with Gasteiger partial charge in [-0.3, -0.25) is 9.59 Å². The molecule has 0 unspecified atom stereocenters. The summed E-state index contributed by atoms with van der Waals surface area (Å²) in [4.78, 5) is 22.0. The molecular weight excluding hydrogens is 234 g/mol. The number of amides is 1. The summed E-state index contributed by atoms with van der Waals surface area (Å²) in [5, 5.41) is 0. The monoisotopic (exact) mass is 251 g/mol. The highest BCUT2D eigenvalue weighted by molar-refractivity contribution is 5.81. The van der Waals surface area contributed by atoms with Crippen molar-refractivity contribution in [3.63, 3.8) is 0 Å². The zero-order valence-electron chi connectivity index (χ0n) is 10.5. The Bertz CT molecular complexity index is 431. The first-order valence-electron chi connectivity index (χ1n) is 5.67. The number of benzene rings is 1. The molecule has 1 aromatic rings. The first kappa shape index (κ1) is 14.0. The summed E-state index contributed by atoms with van der Waals surface area (Å²) in [6.45, 7) is 3.59. The second-order valence-corrected chi connectivity index (χ2v) is 3.95. The van der Waals surface area contributed by atoms with Crippen molar-refractivity contribution in [2.24, 2.45) is 5.73 Å². The lowest BCUT2D eigenvalue weighted by molar-refractivity contribution is -0.154. The molecule has 0 radical (unpaired) electrons. The van der Waals surface area contributed by atoms with Crippen LogP contribution in [0.3, 0.4) is 0 Å². The summed E-state index contributed by atoms with van der Waals surface area (Å²) in [6.07, 6.45) is -0.831. The maximum atomic E-state index is 11.3. The molecule has 0 saturated heterocycles. The summed E-state index contributed by atoms with van der Waals surface area (Å²) >= 11 is 0. The van der Waals surface area contributed by atoms with Crippen LogP contribution in [0.4, 0.5) is 0 Å². The van der Waals surface area contributed by atoms with Crippen LogP contribution in [0.1, 0.15) is 18.9 Å². The smallest absolute Gasteiger partial charge is 0.310 e. The van der Waals surface area contributed by atoms with E-state index < -0.39 is 18.0 Å². The van der Waals surface area contributed by atoms with Gasteiger partial charge in [0.25, 0.3) is 5.91 Å². The van der Waals surface area contributed by atoms with Crippen LogP contribution in [0.25, 0.3) is 0 Å². The van der Waals surface area contributed by atoms with Crippen molar-refractivity contribution in [3.8, 4) is 5.75 Å². The maximum absolute atomic E-state index is 11.3. The normalized spacial score (nSPS) is 11.7. The van der Waals surface area contributed by atoms with Crippen molar-refractivity contribution >= 4 is 11.9 Å². The van der Waals surface area contributed by atoms with E-state index in [-0.39, 0.29) is 13.0 Å². The standard InChI is InChI=1S/C13H17NO4/c1-9-4-3-5-11(8-9)17-7-6-12(15)18-10(2)13(14)16/h3-5,8,10H,6-7H2,1-2H3,(H2,14,16)/t10-/m1/s1. The molecular formula is C13H17NO4. The van der Waals surface area contributed by atoms with E-state index in [9.17, 15) is 9.59 Å². The van der Waals surface area contributed by atoms with Gasteiger partial charge in [-0.25, -0.2) is 0 Å². The van der Waals surface area contributed by atoms with E-state index >= 15 is 0 Å². The third-order valence-corrected chi connectivity index (χ3v) is 2.27. The Kier molecular flexibility index (Phi) is 5.17. The van der Waals surface area contributed by atoms with E-state index in [1.54, 1.807) is 0 Å². The van der Waals surface area contributed by atoms with E-state index in [2.05, 4.69) is 0 Å². The Morgan fingerprint density at radius 2 is 2.11 bits per heavy atom. The summed E-state index contributed by atoms with van der Waals surface area (Å²) < 4.78 is 10.2. The van der Waals surface area contributed by atoms with Gasteiger partial charge in [-0.2, -0.15) is 0 Å². The lowest BCUT2D eigenvalue weighted by Crippen LogP contribution is -2.30.